The van der Waals surface area contributed by atoms with Crippen molar-refractivity contribution in [2.45, 2.75) is 31.6 Å². The van der Waals surface area contributed by atoms with Gasteiger partial charge >= 0.3 is 16.3 Å². The number of aliphatic hydroxyl groups excluding tert-OH is 1. The summed E-state index contributed by atoms with van der Waals surface area (Å²) in [5.74, 6) is 0.224. The van der Waals surface area contributed by atoms with E-state index < -0.39 is 22.3 Å². The van der Waals surface area contributed by atoms with Crippen LogP contribution in [0.25, 0.3) is 10.8 Å². The third-order valence-corrected chi connectivity index (χ3v) is 5.77. The molecule has 0 saturated heterocycles. The first kappa shape index (κ1) is 21.4. The highest BCUT2D eigenvalue weighted by atomic mass is 32.2. The highest BCUT2D eigenvalue weighted by molar-refractivity contribution is 7.84. The van der Waals surface area contributed by atoms with Crippen LogP contribution in [0.3, 0.4) is 0 Å². The Labute approximate surface area is 180 Å². The number of fused-ring (bicyclic) bond motifs is 1. The summed E-state index contributed by atoms with van der Waals surface area (Å²) in [4.78, 5) is 8.53. The van der Waals surface area contributed by atoms with Gasteiger partial charge in [-0.25, -0.2) is 10.1 Å². The smallest absolute Gasteiger partial charge is 0.333 e. The van der Waals surface area contributed by atoms with Crippen LogP contribution in [0.15, 0.2) is 54.7 Å². The van der Waals surface area contributed by atoms with Crippen molar-refractivity contribution in [3.05, 3.63) is 60.3 Å². The number of aliphatic hydroxyl groups is 1. The molecule has 0 unspecified atom stereocenters. The normalized spacial score (nSPS) is 21.3. The van der Waals surface area contributed by atoms with Crippen LogP contribution in [-0.2, 0) is 21.0 Å². The number of nitrogens with one attached hydrogen (secondary N) is 1. The molecular weight excluding hydrogens is 420 g/mol. The van der Waals surface area contributed by atoms with Crippen molar-refractivity contribution in [1.29, 1.82) is 0 Å². The fourth-order valence-electron chi connectivity index (χ4n) is 3.79. The molecule has 3 atom stereocenters. The minimum atomic E-state index is -4.05. The number of rotatable bonds is 8. The summed E-state index contributed by atoms with van der Waals surface area (Å²) in [7, 11) is -4.05. The Morgan fingerprint density at radius 1 is 1.13 bits per heavy atom. The summed E-state index contributed by atoms with van der Waals surface area (Å²) in [5, 5.41) is 20.6. The molecule has 0 aliphatic heterocycles. The van der Waals surface area contributed by atoms with E-state index in [1.54, 1.807) is 12.3 Å². The minimum absolute atomic E-state index is 0.187. The van der Waals surface area contributed by atoms with Gasteiger partial charge in [-0.1, -0.05) is 42.5 Å². The molecule has 10 heteroatoms. The van der Waals surface area contributed by atoms with E-state index in [1.807, 2.05) is 18.2 Å². The molecule has 9 nitrogen and oxygen atoms in total. The van der Waals surface area contributed by atoms with Crippen molar-refractivity contribution < 1.29 is 22.4 Å². The van der Waals surface area contributed by atoms with E-state index in [2.05, 4.69) is 43.7 Å². The average Bonchev–Trinajstić information content (AvgIpc) is 3.09. The number of aromatic nitrogens is 2. The topological polar surface area (TPSA) is 137 Å². The summed E-state index contributed by atoms with van der Waals surface area (Å²) in [5.41, 5.74) is 1.15. The van der Waals surface area contributed by atoms with Gasteiger partial charge in [0.05, 0.1) is 12.7 Å². The van der Waals surface area contributed by atoms with Gasteiger partial charge in [0.25, 0.3) is 0 Å². The van der Waals surface area contributed by atoms with Gasteiger partial charge in [-0.2, -0.15) is 13.4 Å². The number of nitrogens with zero attached hydrogens (tertiary/aromatic N) is 2. The summed E-state index contributed by atoms with van der Waals surface area (Å²) in [6.45, 7) is 0.403. The van der Waals surface area contributed by atoms with Crippen LogP contribution in [0, 0.1) is 5.92 Å². The molecule has 4 rings (SSSR count). The van der Waals surface area contributed by atoms with Gasteiger partial charge in [-0.3, -0.25) is 4.18 Å². The van der Waals surface area contributed by atoms with Crippen LogP contribution in [0.1, 0.15) is 18.4 Å². The van der Waals surface area contributed by atoms with Gasteiger partial charge in [0.2, 0.25) is 0 Å². The molecule has 1 aliphatic carbocycles. The second-order valence-corrected chi connectivity index (χ2v) is 8.75. The van der Waals surface area contributed by atoms with E-state index in [9.17, 15) is 13.5 Å². The highest BCUT2D eigenvalue weighted by Gasteiger charge is 2.35. The summed E-state index contributed by atoms with van der Waals surface area (Å²) in [6, 6.07) is 16.3. The first-order chi connectivity index (χ1) is 14.9. The van der Waals surface area contributed by atoms with Gasteiger partial charge < -0.3 is 15.2 Å². The van der Waals surface area contributed by atoms with Crippen LogP contribution < -0.4 is 15.2 Å². The fourth-order valence-corrected chi connectivity index (χ4v) is 4.15. The van der Waals surface area contributed by atoms with E-state index in [-0.39, 0.29) is 18.7 Å². The van der Waals surface area contributed by atoms with Crippen molar-refractivity contribution >= 4 is 26.9 Å². The zero-order valence-corrected chi connectivity index (χ0v) is 17.5. The number of ether oxygens (including phenoxy) is 1. The number of benzene rings is 2. The molecule has 1 aliphatic rings. The van der Waals surface area contributed by atoms with Crippen molar-refractivity contribution in [1.82, 2.24) is 9.97 Å². The number of nitrogens with two attached hydrogens (primary N) is 1. The summed E-state index contributed by atoms with van der Waals surface area (Å²) < 4.78 is 32.3. The molecule has 1 heterocycles. The molecular formula is C21H24N4O5S. The maximum absolute atomic E-state index is 11.0. The zero-order valence-electron chi connectivity index (χ0n) is 16.7. The lowest BCUT2D eigenvalue weighted by molar-refractivity contribution is 0.0984. The van der Waals surface area contributed by atoms with Crippen LogP contribution in [-0.4, -0.2) is 42.3 Å². The molecule has 31 heavy (non-hydrogen) atoms. The number of hydrogen-bond donors (Lipinski definition) is 3. The lowest BCUT2D eigenvalue weighted by Crippen LogP contribution is -2.24. The Morgan fingerprint density at radius 3 is 2.77 bits per heavy atom. The highest BCUT2D eigenvalue weighted by Crippen LogP contribution is 2.29. The fraction of sp³-hybridized carbons (Fsp3) is 0.333. The Balaban J connectivity index is 1.36. The van der Waals surface area contributed by atoms with Gasteiger partial charge in [-0.05, 0) is 28.8 Å². The third-order valence-electron chi connectivity index (χ3n) is 5.31. The minimum Gasteiger partial charge on any atom is -0.460 e. The van der Waals surface area contributed by atoms with Crippen LogP contribution in [0.5, 0.6) is 6.01 Å². The molecule has 164 valence electrons. The van der Waals surface area contributed by atoms with E-state index in [0.29, 0.717) is 25.2 Å². The predicted octanol–water partition coefficient (Wildman–Crippen LogP) is 1.98. The first-order valence-electron chi connectivity index (χ1n) is 9.93. The van der Waals surface area contributed by atoms with Crippen molar-refractivity contribution in [3.63, 3.8) is 0 Å². The maximum Gasteiger partial charge on any atom is 0.333 e. The van der Waals surface area contributed by atoms with E-state index >= 15 is 0 Å². The maximum atomic E-state index is 11.0. The molecule has 1 aromatic heterocycles. The zero-order chi connectivity index (χ0) is 21.8. The molecule has 0 radical (unpaired) electrons. The first-order valence-corrected chi connectivity index (χ1v) is 11.4. The molecule has 0 bridgehead atoms. The Morgan fingerprint density at radius 2 is 1.94 bits per heavy atom. The monoisotopic (exact) mass is 444 g/mol. The van der Waals surface area contributed by atoms with Crippen molar-refractivity contribution in [3.8, 4) is 6.01 Å². The van der Waals surface area contributed by atoms with Crippen LogP contribution >= 0.6 is 0 Å². The molecule has 1 saturated carbocycles. The standard InChI is InChI=1S/C21H24N4O5S/c22-31(27,28)29-13-16-10-17(11-19(16)26)30-21-23-9-8-20(25-21)24-12-15-6-3-5-14-4-1-2-7-18(14)15/h1-9,16-17,19,26H,10-13H2,(H2,22,27,28)(H,23,24,25)/t16-,17+,19-/m0/s1. The van der Waals surface area contributed by atoms with Crippen LogP contribution in [0.4, 0.5) is 5.82 Å². The predicted molar refractivity (Wildman–Crippen MR) is 116 cm³/mol. The van der Waals surface area contributed by atoms with Crippen molar-refractivity contribution in [2.75, 3.05) is 11.9 Å². The summed E-state index contributed by atoms with van der Waals surface area (Å²) >= 11 is 0. The molecule has 4 N–H and O–H groups in total. The Bertz CT molecular complexity index is 1150. The Kier molecular flexibility index (Phi) is 6.33. The van der Waals surface area contributed by atoms with E-state index in [4.69, 9.17) is 9.88 Å². The van der Waals surface area contributed by atoms with E-state index in [1.165, 1.54) is 10.8 Å². The van der Waals surface area contributed by atoms with E-state index in [0.717, 1.165) is 5.56 Å². The molecule has 3 aromatic rings. The van der Waals surface area contributed by atoms with Gasteiger partial charge in [0.15, 0.2) is 0 Å². The SMILES string of the molecule is NS(=O)(=O)OC[C@@H]1C[C@@H](Oc2nccc(NCc3cccc4ccccc34)n2)C[C@@H]1O. The van der Waals surface area contributed by atoms with Crippen molar-refractivity contribution in [2.24, 2.45) is 11.1 Å². The number of hydrogen-bond acceptors (Lipinski definition) is 8. The summed E-state index contributed by atoms with van der Waals surface area (Å²) in [6.07, 6.45) is 1.24. The largest absolute Gasteiger partial charge is 0.460 e. The molecule has 0 amide bonds. The molecule has 1 fully saturated rings. The lowest BCUT2D eigenvalue weighted by atomic mass is 10.0. The second kappa shape index (κ2) is 9.15. The third kappa shape index (κ3) is 5.67. The lowest BCUT2D eigenvalue weighted by Gasteiger charge is -2.13. The number of anilines is 1. The van der Waals surface area contributed by atoms with Gasteiger partial charge in [0.1, 0.15) is 11.9 Å². The van der Waals surface area contributed by atoms with Gasteiger partial charge in [-0.15, -0.1) is 0 Å². The van der Waals surface area contributed by atoms with Crippen LogP contribution in [0.2, 0.25) is 0 Å². The molecule has 0 spiro atoms. The van der Waals surface area contributed by atoms with Gasteiger partial charge in [0, 0.05) is 25.1 Å². The quantitative estimate of drug-likeness (QED) is 0.480. The second-order valence-electron chi connectivity index (χ2n) is 7.53. The molecule has 2 aromatic carbocycles. The Hall–Kier alpha value is -2.79. The average molecular weight is 445 g/mol.